The zero-order chi connectivity index (χ0) is 12.8. The molecule has 0 aliphatic rings. The Bertz CT molecular complexity index is 350. The predicted octanol–water partition coefficient (Wildman–Crippen LogP) is 2.39. The molecule has 1 aromatic carbocycles. The van der Waals surface area contributed by atoms with E-state index in [1.807, 2.05) is 6.07 Å². The maximum Gasteiger partial charge on any atom is 0.142 e. The van der Waals surface area contributed by atoms with Gasteiger partial charge in [-0.1, -0.05) is 6.07 Å². The number of hydrogen-bond donors (Lipinski definition) is 0. The maximum atomic E-state index is 5.43. The van der Waals surface area contributed by atoms with Crippen LogP contribution in [-0.4, -0.2) is 45.7 Å². The fourth-order valence-corrected chi connectivity index (χ4v) is 1.82. The predicted molar refractivity (Wildman–Crippen MR) is 74.2 cm³/mol. The van der Waals surface area contributed by atoms with Gasteiger partial charge in [0.2, 0.25) is 0 Å². The van der Waals surface area contributed by atoms with E-state index in [1.165, 1.54) is 11.3 Å². The standard InChI is InChI=1S/C14H24N2O/c1-6-16(10-9-15(3)4)13-11-12(2)7-8-14(13)17-5/h7-8,11H,6,9-10H2,1-5H3. The van der Waals surface area contributed by atoms with E-state index in [0.717, 1.165) is 25.4 Å². The van der Waals surface area contributed by atoms with Crippen molar-refractivity contribution < 1.29 is 4.74 Å². The third-order valence-electron chi connectivity index (χ3n) is 2.87. The molecule has 0 aliphatic heterocycles. The van der Waals surface area contributed by atoms with Crippen molar-refractivity contribution in [3.05, 3.63) is 23.8 Å². The van der Waals surface area contributed by atoms with E-state index in [0.29, 0.717) is 0 Å². The van der Waals surface area contributed by atoms with Crippen molar-refractivity contribution >= 4 is 5.69 Å². The molecule has 0 fully saturated rings. The minimum absolute atomic E-state index is 0.955. The molecule has 96 valence electrons. The van der Waals surface area contributed by atoms with Gasteiger partial charge in [-0.15, -0.1) is 0 Å². The average molecular weight is 236 g/mol. The van der Waals surface area contributed by atoms with Crippen LogP contribution in [0.25, 0.3) is 0 Å². The molecule has 0 spiro atoms. The summed E-state index contributed by atoms with van der Waals surface area (Å²) in [6.07, 6.45) is 0. The molecular weight excluding hydrogens is 212 g/mol. The van der Waals surface area contributed by atoms with Gasteiger partial charge in [-0.3, -0.25) is 0 Å². The molecule has 0 aliphatic carbocycles. The van der Waals surface area contributed by atoms with E-state index in [-0.39, 0.29) is 0 Å². The molecule has 0 saturated carbocycles. The van der Waals surface area contributed by atoms with Gasteiger partial charge in [-0.05, 0) is 45.6 Å². The van der Waals surface area contributed by atoms with Gasteiger partial charge >= 0.3 is 0 Å². The Morgan fingerprint density at radius 1 is 1.18 bits per heavy atom. The van der Waals surface area contributed by atoms with Gasteiger partial charge in [-0.25, -0.2) is 0 Å². The lowest BCUT2D eigenvalue weighted by Gasteiger charge is -2.26. The Morgan fingerprint density at radius 3 is 2.41 bits per heavy atom. The number of benzene rings is 1. The first kappa shape index (κ1) is 13.8. The number of methoxy groups -OCH3 is 1. The van der Waals surface area contributed by atoms with Crippen molar-refractivity contribution in [1.82, 2.24) is 4.90 Å². The van der Waals surface area contributed by atoms with Gasteiger partial charge < -0.3 is 14.5 Å². The Balaban J connectivity index is 2.89. The first-order valence-electron chi connectivity index (χ1n) is 6.12. The van der Waals surface area contributed by atoms with E-state index >= 15 is 0 Å². The Labute approximate surface area is 105 Å². The first-order valence-corrected chi connectivity index (χ1v) is 6.12. The van der Waals surface area contributed by atoms with Crippen LogP contribution < -0.4 is 9.64 Å². The summed E-state index contributed by atoms with van der Waals surface area (Å²) in [4.78, 5) is 4.55. The Morgan fingerprint density at radius 2 is 1.88 bits per heavy atom. The highest BCUT2D eigenvalue weighted by atomic mass is 16.5. The van der Waals surface area contributed by atoms with Crippen LogP contribution in [0.4, 0.5) is 5.69 Å². The molecule has 3 nitrogen and oxygen atoms in total. The SMILES string of the molecule is CCN(CCN(C)C)c1cc(C)ccc1OC. The quantitative estimate of drug-likeness (QED) is 0.754. The molecule has 1 rings (SSSR count). The summed E-state index contributed by atoms with van der Waals surface area (Å²) in [7, 11) is 5.93. The van der Waals surface area contributed by atoms with E-state index in [1.54, 1.807) is 7.11 Å². The topological polar surface area (TPSA) is 15.7 Å². The summed E-state index contributed by atoms with van der Waals surface area (Å²) < 4.78 is 5.43. The maximum absolute atomic E-state index is 5.43. The molecule has 0 N–H and O–H groups in total. The van der Waals surface area contributed by atoms with Crippen molar-refractivity contribution in [3.63, 3.8) is 0 Å². The van der Waals surface area contributed by atoms with Gasteiger partial charge in [0.25, 0.3) is 0 Å². The van der Waals surface area contributed by atoms with Gasteiger partial charge in [0.1, 0.15) is 5.75 Å². The number of ether oxygens (including phenoxy) is 1. The highest BCUT2D eigenvalue weighted by Crippen LogP contribution is 2.28. The van der Waals surface area contributed by atoms with Crippen molar-refractivity contribution in [3.8, 4) is 5.75 Å². The summed E-state index contributed by atoms with van der Waals surface area (Å²) in [5, 5.41) is 0. The van der Waals surface area contributed by atoms with Crippen LogP contribution >= 0.6 is 0 Å². The van der Waals surface area contributed by atoms with Crippen LogP contribution in [0.3, 0.4) is 0 Å². The lowest BCUT2D eigenvalue weighted by atomic mass is 10.2. The second-order valence-corrected chi connectivity index (χ2v) is 4.56. The number of nitrogens with zero attached hydrogens (tertiary/aromatic N) is 2. The van der Waals surface area contributed by atoms with Crippen molar-refractivity contribution in [2.45, 2.75) is 13.8 Å². The third-order valence-corrected chi connectivity index (χ3v) is 2.87. The Hall–Kier alpha value is -1.22. The molecular formula is C14H24N2O. The van der Waals surface area contributed by atoms with Crippen LogP contribution in [-0.2, 0) is 0 Å². The lowest BCUT2D eigenvalue weighted by Crippen LogP contribution is -2.31. The molecule has 0 aromatic heterocycles. The largest absolute Gasteiger partial charge is 0.495 e. The second kappa shape index (κ2) is 6.50. The van der Waals surface area contributed by atoms with Gasteiger partial charge in [0, 0.05) is 19.6 Å². The molecule has 0 radical (unpaired) electrons. The van der Waals surface area contributed by atoms with E-state index in [2.05, 4.69) is 49.9 Å². The number of likely N-dealkylation sites (N-methyl/N-ethyl adjacent to an activating group) is 2. The van der Waals surface area contributed by atoms with Crippen LogP contribution in [0.5, 0.6) is 5.75 Å². The lowest BCUT2D eigenvalue weighted by molar-refractivity contribution is 0.403. The zero-order valence-electron chi connectivity index (χ0n) is 11.7. The molecule has 0 atom stereocenters. The monoisotopic (exact) mass is 236 g/mol. The number of hydrogen-bond acceptors (Lipinski definition) is 3. The van der Waals surface area contributed by atoms with E-state index < -0.39 is 0 Å². The number of anilines is 1. The minimum Gasteiger partial charge on any atom is -0.495 e. The Kier molecular flexibility index (Phi) is 5.29. The molecule has 0 bridgehead atoms. The number of rotatable bonds is 6. The molecule has 0 unspecified atom stereocenters. The van der Waals surface area contributed by atoms with Crippen LogP contribution in [0.2, 0.25) is 0 Å². The smallest absolute Gasteiger partial charge is 0.142 e. The van der Waals surface area contributed by atoms with Gasteiger partial charge in [-0.2, -0.15) is 0 Å². The molecule has 1 aromatic rings. The van der Waals surface area contributed by atoms with E-state index in [4.69, 9.17) is 4.74 Å². The van der Waals surface area contributed by atoms with E-state index in [9.17, 15) is 0 Å². The summed E-state index contributed by atoms with van der Waals surface area (Å²) in [5.74, 6) is 0.955. The minimum atomic E-state index is 0.955. The molecule has 17 heavy (non-hydrogen) atoms. The molecule has 3 heteroatoms. The molecule has 0 heterocycles. The summed E-state index contributed by atoms with van der Waals surface area (Å²) in [6, 6.07) is 6.32. The third kappa shape index (κ3) is 3.93. The summed E-state index contributed by atoms with van der Waals surface area (Å²) in [6.45, 7) is 7.35. The highest BCUT2D eigenvalue weighted by molar-refractivity contribution is 5.60. The fourth-order valence-electron chi connectivity index (χ4n) is 1.82. The highest BCUT2D eigenvalue weighted by Gasteiger charge is 2.10. The first-order chi connectivity index (χ1) is 8.08. The zero-order valence-corrected chi connectivity index (χ0v) is 11.7. The van der Waals surface area contributed by atoms with Crippen LogP contribution in [0.1, 0.15) is 12.5 Å². The summed E-state index contributed by atoms with van der Waals surface area (Å²) in [5.41, 5.74) is 2.46. The second-order valence-electron chi connectivity index (χ2n) is 4.56. The molecule has 0 saturated heterocycles. The van der Waals surface area contributed by atoms with Crippen LogP contribution in [0, 0.1) is 6.92 Å². The van der Waals surface area contributed by atoms with Gasteiger partial charge in [0.05, 0.1) is 12.8 Å². The molecule has 0 amide bonds. The number of aryl methyl sites for hydroxylation is 1. The van der Waals surface area contributed by atoms with Gasteiger partial charge in [0.15, 0.2) is 0 Å². The van der Waals surface area contributed by atoms with Crippen molar-refractivity contribution in [2.75, 3.05) is 45.7 Å². The fraction of sp³-hybridized carbons (Fsp3) is 0.571. The normalized spacial score (nSPS) is 10.7. The van der Waals surface area contributed by atoms with Crippen molar-refractivity contribution in [1.29, 1.82) is 0 Å². The average Bonchev–Trinajstić information content (AvgIpc) is 2.30. The van der Waals surface area contributed by atoms with Crippen molar-refractivity contribution in [2.24, 2.45) is 0 Å². The summed E-state index contributed by atoms with van der Waals surface area (Å²) >= 11 is 0. The van der Waals surface area contributed by atoms with Crippen LogP contribution in [0.15, 0.2) is 18.2 Å².